The van der Waals surface area contributed by atoms with E-state index in [0.717, 1.165) is 69.7 Å². The van der Waals surface area contributed by atoms with Gasteiger partial charge in [-0.15, -0.1) is 0 Å². The fraction of sp³-hybridized carbons (Fsp3) is 0.385. The number of nitrogens with one attached hydrogen (secondary N) is 1. The molecule has 0 bridgehead atoms. The maximum absolute atomic E-state index is 12.9. The smallest absolute Gasteiger partial charge is 0.272 e. The summed E-state index contributed by atoms with van der Waals surface area (Å²) < 4.78 is 1.96. The van der Waals surface area contributed by atoms with Crippen molar-refractivity contribution in [3.63, 3.8) is 0 Å². The van der Waals surface area contributed by atoms with Gasteiger partial charge in [0.1, 0.15) is 0 Å². The number of para-hydroxylation sites is 2. The van der Waals surface area contributed by atoms with Gasteiger partial charge in [0.15, 0.2) is 5.69 Å². The van der Waals surface area contributed by atoms with Gasteiger partial charge >= 0.3 is 0 Å². The van der Waals surface area contributed by atoms with Gasteiger partial charge in [-0.05, 0) is 56.5 Å². The summed E-state index contributed by atoms with van der Waals surface area (Å²) >= 11 is 0. The summed E-state index contributed by atoms with van der Waals surface area (Å²) in [5.41, 5.74) is 5.26. The lowest BCUT2D eigenvalue weighted by atomic mass is 10.2. The van der Waals surface area contributed by atoms with Crippen LogP contribution in [0.25, 0.3) is 5.69 Å². The fourth-order valence-electron chi connectivity index (χ4n) is 4.86. The predicted octanol–water partition coefficient (Wildman–Crippen LogP) is 3.30. The number of nitrogens with zero attached hydrogens (tertiary/aromatic N) is 4. The van der Waals surface area contributed by atoms with Crippen LogP contribution in [-0.2, 0) is 12.8 Å². The van der Waals surface area contributed by atoms with Crippen LogP contribution in [0.3, 0.4) is 0 Å². The van der Waals surface area contributed by atoms with Crippen LogP contribution in [0.5, 0.6) is 0 Å². The molecule has 1 fully saturated rings. The summed E-state index contributed by atoms with van der Waals surface area (Å²) in [4.78, 5) is 17.8. The summed E-state index contributed by atoms with van der Waals surface area (Å²) in [7, 11) is 0. The highest BCUT2D eigenvalue weighted by molar-refractivity contribution is 5.94. The molecule has 1 aromatic heterocycles. The molecule has 0 spiro atoms. The molecule has 6 heteroatoms. The van der Waals surface area contributed by atoms with Crippen molar-refractivity contribution in [2.75, 3.05) is 44.2 Å². The number of hydrogen-bond donors (Lipinski definition) is 1. The van der Waals surface area contributed by atoms with Crippen LogP contribution in [0, 0.1) is 0 Å². The topological polar surface area (TPSA) is 53.4 Å². The van der Waals surface area contributed by atoms with E-state index in [1.54, 1.807) is 0 Å². The van der Waals surface area contributed by atoms with Gasteiger partial charge in [-0.2, -0.15) is 5.10 Å². The fourth-order valence-corrected chi connectivity index (χ4v) is 4.86. The van der Waals surface area contributed by atoms with Crippen LogP contribution in [0.1, 0.15) is 34.6 Å². The SMILES string of the molecule is O=C(NCCCN1CCN(c2ccccc2)CC1)c1nn(-c2ccccc2)c2c1CCC2. The van der Waals surface area contributed by atoms with E-state index in [1.807, 2.05) is 35.0 Å². The molecule has 1 N–H and O–H groups in total. The monoisotopic (exact) mass is 429 g/mol. The van der Waals surface area contributed by atoms with Gasteiger partial charge in [0.05, 0.1) is 5.69 Å². The maximum Gasteiger partial charge on any atom is 0.272 e. The molecule has 2 heterocycles. The molecular weight excluding hydrogens is 398 g/mol. The number of aromatic nitrogens is 2. The number of hydrogen-bond acceptors (Lipinski definition) is 4. The Labute approximate surface area is 189 Å². The molecule has 0 atom stereocenters. The van der Waals surface area contributed by atoms with Gasteiger partial charge < -0.3 is 10.2 Å². The normalized spacial score (nSPS) is 16.2. The van der Waals surface area contributed by atoms with Gasteiger partial charge in [-0.1, -0.05) is 36.4 Å². The minimum atomic E-state index is -0.0354. The molecule has 0 unspecified atom stereocenters. The van der Waals surface area contributed by atoms with E-state index in [9.17, 15) is 4.79 Å². The average Bonchev–Trinajstić information content (AvgIpc) is 3.46. The van der Waals surface area contributed by atoms with Crippen molar-refractivity contribution in [2.24, 2.45) is 0 Å². The molecule has 0 saturated carbocycles. The van der Waals surface area contributed by atoms with Crippen molar-refractivity contribution in [3.8, 4) is 5.69 Å². The van der Waals surface area contributed by atoms with Crippen LogP contribution in [-0.4, -0.2) is 59.9 Å². The first-order chi connectivity index (χ1) is 15.8. The van der Waals surface area contributed by atoms with Gasteiger partial charge in [-0.25, -0.2) is 4.68 Å². The number of benzene rings is 2. The molecule has 166 valence electrons. The average molecular weight is 430 g/mol. The Kier molecular flexibility index (Phi) is 6.21. The van der Waals surface area contributed by atoms with E-state index in [2.05, 4.69) is 45.4 Å². The lowest BCUT2D eigenvalue weighted by Crippen LogP contribution is -2.47. The summed E-state index contributed by atoms with van der Waals surface area (Å²) in [5, 5.41) is 7.81. The number of amides is 1. The summed E-state index contributed by atoms with van der Waals surface area (Å²) in [6.07, 6.45) is 3.98. The molecule has 1 aliphatic heterocycles. The Hall–Kier alpha value is -3.12. The number of anilines is 1. The first-order valence-electron chi connectivity index (χ1n) is 11.8. The molecule has 1 aliphatic carbocycles. The summed E-state index contributed by atoms with van der Waals surface area (Å²) in [6, 6.07) is 20.7. The highest BCUT2D eigenvalue weighted by Crippen LogP contribution is 2.27. The maximum atomic E-state index is 12.9. The molecule has 5 rings (SSSR count). The van der Waals surface area contributed by atoms with E-state index in [4.69, 9.17) is 5.10 Å². The first-order valence-corrected chi connectivity index (χ1v) is 11.8. The Bertz CT molecular complexity index is 1040. The van der Waals surface area contributed by atoms with Crippen LogP contribution in [0.4, 0.5) is 5.69 Å². The van der Waals surface area contributed by atoms with Crippen molar-refractivity contribution >= 4 is 11.6 Å². The molecular formula is C26H31N5O. The van der Waals surface area contributed by atoms with Crippen LogP contribution in [0.15, 0.2) is 60.7 Å². The van der Waals surface area contributed by atoms with Gasteiger partial charge in [0.25, 0.3) is 5.91 Å². The largest absolute Gasteiger partial charge is 0.369 e. The van der Waals surface area contributed by atoms with E-state index in [0.29, 0.717) is 12.2 Å². The standard InChI is InChI=1S/C26H31N5O/c32-26(25-23-13-7-14-24(23)31(28-25)22-11-5-2-6-12-22)27-15-8-16-29-17-19-30(20-18-29)21-9-3-1-4-10-21/h1-6,9-12H,7-8,13-20H2,(H,27,32). The lowest BCUT2D eigenvalue weighted by Gasteiger charge is -2.36. The summed E-state index contributed by atoms with van der Waals surface area (Å²) in [5.74, 6) is -0.0354. The second-order valence-electron chi connectivity index (χ2n) is 8.65. The Morgan fingerprint density at radius 1 is 0.875 bits per heavy atom. The molecule has 6 nitrogen and oxygen atoms in total. The van der Waals surface area contributed by atoms with Crippen LogP contribution in [0.2, 0.25) is 0 Å². The zero-order chi connectivity index (χ0) is 21.8. The second kappa shape index (κ2) is 9.57. The van der Waals surface area contributed by atoms with Crippen molar-refractivity contribution in [3.05, 3.63) is 77.6 Å². The van der Waals surface area contributed by atoms with E-state index in [-0.39, 0.29) is 5.91 Å². The van der Waals surface area contributed by atoms with Crippen molar-refractivity contribution < 1.29 is 4.79 Å². The Morgan fingerprint density at radius 2 is 1.56 bits per heavy atom. The van der Waals surface area contributed by atoms with Crippen molar-refractivity contribution in [2.45, 2.75) is 25.7 Å². The molecule has 2 aromatic carbocycles. The van der Waals surface area contributed by atoms with Crippen LogP contribution >= 0.6 is 0 Å². The number of piperazine rings is 1. The highest BCUT2D eigenvalue weighted by Gasteiger charge is 2.26. The highest BCUT2D eigenvalue weighted by atomic mass is 16.1. The molecule has 32 heavy (non-hydrogen) atoms. The quantitative estimate of drug-likeness (QED) is 0.586. The number of carbonyl (C=O) groups is 1. The minimum absolute atomic E-state index is 0.0354. The van der Waals surface area contributed by atoms with Gasteiger partial charge in [0.2, 0.25) is 0 Å². The van der Waals surface area contributed by atoms with Crippen LogP contribution < -0.4 is 10.2 Å². The lowest BCUT2D eigenvalue weighted by molar-refractivity contribution is 0.0945. The minimum Gasteiger partial charge on any atom is -0.369 e. The Morgan fingerprint density at radius 3 is 2.28 bits per heavy atom. The van der Waals surface area contributed by atoms with Gasteiger partial charge in [-0.3, -0.25) is 9.69 Å². The van der Waals surface area contributed by atoms with Gasteiger partial charge in [0, 0.05) is 49.7 Å². The molecule has 2 aliphatic rings. The molecule has 1 amide bonds. The van der Waals surface area contributed by atoms with E-state index in [1.165, 1.54) is 11.4 Å². The summed E-state index contributed by atoms with van der Waals surface area (Å²) in [6.45, 7) is 5.94. The van der Waals surface area contributed by atoms with Crippen molar-refractivity contribution in [1.29, 1.82) is 0 Å². The third-order valence-corrected chi connectivity index (χ3v) is 6.58. The molecule has 3 aromatic rings. The predicted molar refractivity (Wildman–Crippen MR) is 128 cm³/mol. The zero-order valence-corrected chi connectivity index (χ0v) is 18.5. The van der Waals surface area contributed by atoms with E-state index >= 15 is 0 Å². The number of rotatable bonds is 7. The second-order valence-corrected chi connectivity index (χ2v) is 8.65. The zero-order valence-electron chi connectivity index (χ0n) is 18.5. The third-order valence-electron chi connectivity index (χ3n) is 6.58. The third kappa shape index (κ3) is 4.41. The number of carbonyl (C=O) groups excluding carboxylic acids is 1. The molecule has 0 radical (unpaired) electrons. The molecule has 1 saturated heterocycles. The number of fused-ring (bicyclic) bond motifs is 1. The first kappa shape index (κ1) is 20.8. The Balaban J connectivity index is 1.11. The van der Waals surface area contributed by atoms with Crippen molar-refractivity contribution in [1.82, 2.24) is 20.0 Å². The van der Waals surface area contributed by atoms with E-state index < -0.39 is 0 Å².